The number of phenols is 3. The summed E-state index contributed by atoms with van der Waals surface area (Å²) >= 11 is 0. The first-order valence-electron chi connectivity index (χ1n) is 6.78. The molecule has 2 aromatic carbocycles. The lowest BCUT2D eigenvalue weighted by molar-refractivity contribution is 0.0682. The summed E-state index contributed by atoms with van der Waals surface area (Å²) < 4.78 is 0. The van der Waals surface area contributed by atoms with E-state index < -0.39 is 40.5 Å². The van der Waals surface area contributed by atoms with Gasteiger partial charge in [-0.1, -0.05) is 12.1 Å². The molecule has 0 radical (unpaired) electrons. The second kappa shape index (κ2) is 6.75. The van der Waals surface area contributed by atoms with Gasteiger partial charge in [0.15, 0.2) is 5.78 Å². The van der Waals surface area contributed by atoms with Gasteiger partial charge in [0.1, 0.15) is 28.4 Å². The molecule has 0 aromatic heterocycles. The molecular weight excluding hydrogens is 332 g/mol. The quantitative estimate of drug-likeness (QED) is 0.408. The minimum atomic E-state index is -1.47. The van der Waals surface area contributed by atoms with E-state index in [0.717, 1.165) is 30.3 Å². The van der Waals surface area contributed by atoms with Crippen molar-refractivity contribution in [3.05, 3.63) is 58.7 Å². The van der Waals surface area contributed by atoms with Gasteiger partial charge in [-0.2, -0.15) is 0 Å². The minimum absolute atomic E-state index is 0.292. The number of phenolic OH excluding ortho intramolecular Hbond substituents is 1. The van der Waals surface area contributed by atoms with Gasteiger partial charge in [-0.05, 0) is 29.8 Å². The van der Waals surface area contributed by atoms with Crippen molar-refractivity contribution in [1.29, 1.82) is 0 Å². The first kappa shape index (κ1) is 17.5. The fourth-order valence-electron chi connectivity index (χ4n) is 2.04. The Morgan fingerprint density at radius 3 is 1.88 bits per heavy atom. The molecule has 0 bridgehead atoms. The standard InChI is InChI=1S/C17H12O8/c18-12(9-6-11(17(24)25)15(21)7-14(9)20)3-1-8-2-4-13(19)10(5-8)16(22)23/h1-7,19-21H,(H,22,23)(H,24,25). The lowest BCUT2D eigenvalue weighted by Gasteiger charge is -2.05. The van der Waals surface area contributed by atoms with E-state index in [-0.39, 0.29) is 11.1 Å². The molecule has 5 N–H and O–H groups in total. The average Bonchev–Trinajstić information content (AvgIpc) is 2.53. The first-order chi connectivity index (χ1) is 11.7. The van der Waals surface area contributed by atoms with Gasteiger partial charge in [0.25, 0.3) is 0 Å². The summed E-state index contributed by atoms with van der Waals surface area (Å²) in [4.78, 5) is 34.0. The summed E-state index contributed by atoms with van der Waals surface area (Å²) in [5, 5.41) is 46.4. The van der Waals surface area contributed by atoms with Crippen LogP contribution in [-0.2, 0) is 0 Å². The topological polar surface area (TPSA) is 152 Å². The average molecular weight is 344 g/mol. The first-order valence-corrected chi connectivity index (χ1v) is 6.78. The maximum atomic E-state index is 12.1. The number of hydrogen-bond donors (Lipinski definition) is 5. The van der Waals surface area contributed by atoms with Crippen molar-refractivity contribution in [2.75, 3.05) is 0 Å². The van der Waals surface area contributed by atoms with E-state index in [0.29, 0.717) is 5.56 Å². The highest BCUT2D eigenvalue weighted by atomic mass is 16.4. The van der Waals surface area contributed by atoms with Crippen LogP contribution in [0.5, 0.6) is 17.2 Å². The summed E-state index contributed by atoms with van der Waals surface area (Å²) in [5.41, 5.74) is -0.952. The molecule has 0 aliphatic heterocycles. The number of carboxylic acid groups (broad SMARTS) is 2. The largest absolute Gasteiger partial charge is 0.507 e. The Morgan fingerprint density at radius 1 is 0.720 bits per heavy atom. The Hall–Kier alpha value is -3.81. The third-order valence-electron chi connectivity index (χ3n) is 3.29. The Kier molecular flexibility index (Phi) is 4.74. The third kappa shape index (κ3) is 3.75. The molecule has 0 saturated carbocycles. The van der Waals surface area contributed by atoms with Crippen LogP contribution in [0, 0.1) is 0 Å². The number of ketones is 1. The summed E-state index contributed by atoms with van der Waals surface area (Å²) in [6.45, 7) is 0. The number of rotatable bonds is 5. The summed E-state index contributed by atoms with van der Waals surface area (Å²) in [7, 11) is 0. The third-order valence-corrected chi connectivity index (χ3v) is 3.29. The van der Waals surface area contributed by atoms with Gasteiger partial charge in [0.2, 0.25) is 0 Å². The summed E-state index contributed by atoms with van der Waals surface area (Å²) in [6, 6.07) is 5.23. The van der Waals surface area contributed by atoms with Crippen molar-refractivity contribution in [3.8, 4) is 17.2 Å². The zero-order chi connectivity index (χ0) is 18.7. The van der Waals surface area contributed by atoms with Crippen LogP contribution in [-0.4, -0.2) is 43.3 Å². The molecule has 0 saturated heterocycles. The predicted molar refractivity (Wildman–Crippen MR) is 85.2 cm³/mol. The number of carboxylic acids is 2. The maximum Gasteiger partial charge on any atom is 0.339 e. The molecule has 0 atom stereocenters. The number of carbonyl (C=O) groups is 3. The van der Waals surface area contributed by atoms with E-state index in [1.165, 1.54) is 12.1 Å². The van der Waals surface area contributed by atoms with E-state index in [4.69, 9.17) is 10.2 Å². The molecule has 0 aliphatic carbocycles. The van der Waals surface area contributed by atoms with Crippen molar-refractivity contribution in [2.24, 2.45) is 0 Å². The second-order valence-corrected chi connectivity index (χ2v) is 4.97. The smallest absolute Gasteiger partial charge is 0.339 e. The van der Waals surface area contributed by atoms with Gasteiger partial charge in [0, 0.05) is 6.07 Å². The lowest BCUT2D eigenvalue weighted by atomic mass is 10.0. The number of aromatic hydroxyl groups is 3. The van der Waals surface area contributed by atoms with Crippen LogP contribution in [0.2, 0.25) is 0 Å². The van der Waals surface area contributed by atoms with Crippen molar-refractivity contribution >= 4 is 23.8 Å². The number of allylic oxidation sites excluding steroid dienone is 1. The normalized spacial score (nSPS) is 10.7. The molecular formula is C17H12O8. The van der Waals surface area contributed by atoms with E-state index >= 15 is 0 Å². The summed E-state index contributed by atoms with van der Waals surface area (Å²) in [5.74, 6) is -5.30. The van der Waals surface area contributed by atoms with Crippen LogP contribution in [0.1, 0.15) is 36.6 Å². The Morgan fingerprint density at radius 2 is 1.28 bits per heavy atom. The summed E-state index contributed by atoms with van der Waals surface area (Å²) in [6.07, 6.45) is 2.23. The van der Waals surface area contributed by atoms with Gasteiger partial charge >= 0.3 is 11.9 Å². The second-order valence-electron chi connectivity index (χ2n) is 4.97. The molecule has 0 spiro atoms. The molecule has 2 aromatic rings. The van der Waals surface area contributed by atoms with Gasteiger partial charge in [-0.25, -0.2) is 9.59 Å². The van der Waals surface area contributed by atoms with Gasteiger partial charge in [-0.15, -0.1) is 0 Å². The Labute approximate surface area is 140 Å². The van der Waals surface area contributed by atoms with Gasteiger partial charge in [0.05, 0.1) is 5.56 Å². The number of benzene rings is 2. The van der Waals surface area contributed by atoms with Crippen LogP contribution in [0.3, 0.4) is 0 Å². The molecule has 0 unspecified atom stereocenters. The van der Waals surface area contributed by atoms with E-state index in [2.05, 4.69) is 0 Å². The zero-order valence-corrected chi connectivity index (χ0v) is 12.5. The fraction of sp³-hybridized carbons (Fsp3) is 0. The molecule has 0 fully saturated rings. The molecule has 8 nitrogen and oxygen atoms in total. The Balaban J connectivity index is 2.35. The van der Waals surface area contributed by atoms with Crippen molar-refractivity contribution in [1.82, 2.24) is 0 Å². The molecule has 2 rings (SSSR count). The van der Waals surface area contributed by atoms with Crippen LogP contribution >= 0.6 is 0 Å². The van der Waals surface area contributed by atoms with Crippen LogP contribution in [0.25, 0.3) is 6.08 Å². The van der Waals surface area contributed by atoms with Crippen LogP contribution in [0.4, 0.5) is 0 Å². The monoisotopic (exact) mass is 344 g/mol. The Bertz CT molecular complexity index is 911. The maximum absolute atomic E-state index is 12.1. The van der Waals surface area contributed by atoms with E-state index in [9.17, 15) is 29.7 Å². The van der Waals surface area contributed by atoms with E-state index in [1.54, 1.807) is 0 Å². The van der Waals surface area contributed by atoms with E-state index in [1.807, 2.05) is 0 Å². The molecule has 0 aliphatic rings. The molecule has 25 heavy (non-hydrogen) atoms. The number of carbonyl (C=O) groups excluding carboxylic acids is 1. The fourth-order valence-corrected chi connectivity index (χ4v) is 2.04. The van der Waals surface area contributed by atoms with Gasteiger partial charge < -0.3 is 25.5 Å². The molecule has 8 heteroatoms. The SMILES string of the molecule is O=C(O)c1cc(C=CC(=O)c2cc(C(=O)O)c(O)cc2O)ccc1O. The lowest BCUT2D eigenvalue weighted by Crippen LogP contribution is -2.02. The van der Waals surface area contributed by atoms with Crippen molar-refractivity contribution in [3.63, 3.8) is 0 Å². The molecule has 128 valence electrons. The van der Waals surface area contributed by atoms with Crippen molar-refractivity contribution < 1.29 is 39.9 Å². The molecule has 0 amide bonds. The van der Waals surface area contributed by atoms with Crippen LogP contribution < -0.4 is 0 Å². The minimum Gasteiger partial charge on any atom is -0.507 e. The number of hydrogen-bond acceptors (Lipinski definition) is 6. The highest BCUT2D eigenvalue weighted by molar-refractivity contribution is 6.10. The highest BCUT2D eigenvalue weighted by Gasteiger charge is 2.17. The van der Waals surface area contributed by atoms with Crippen molar-refractivity contribution in [2.45, 2.75) is 0 Å². The van der Waals surface area contributed by atoms with Crippen LogP contribution in [0.15, 0.2) is 36.4 Å². The number of aromatic carboxylic acids is 2. The van der Waals surface area contributed by atoms with Gasteiger partial charge in [-0.3, -0.25) is 4.79 Å². The highest BCUT2D eigenvalue weighted by Crippen LogP contribution is 2.28. The molecule has 0 heterocycles. The zero-order valence-electron chi connectivity index (χ0n) is 12.5. The predicted octanol–water partition coefficient (Wildman–Crippen LogP) is 2.10.